The molecular formula is C50H46N4. The molecule has 0 spiro atoms. The quantitative estimate of drug-likeness (QED) is 0.0765. The number of rotatable bonds is 11. The molecule has 54 heavy (non-hydrogen) atoms. The fourth-order valence-corrected chi connectivity index (χ4v) is 7.60. The Morgan fingerprint density at radius 2 is 1.81 bits per heavy atom. The third-order valence-corrected chi connectivity index (χ3v) is 10.3. The highest BCUT2D eigenvalue weighted by atomic mass is 15.1. The summed E-state index contributed by atoms with van der Waals surface area (Å²) in [4.78, 5) is 10.4. The van der Waals surface area contributed by atoms with Gasteiger partial charge in [0.2, 0.25) is 0 Å². The van der Waals surface area contributed by atoms with Crippen LogP contribution in [-0.2, 0) is 19.3 Å². The normalized spacial score (nSPS) is 14.1. The van der Waals surface area contributed by atoms with Crippen LogP contribution in [0.1, 0.15) is 54.3 Å². The number of nitrogens with zero attached hydrogens (tertiary/aromatic N) is 4. The highest BCUT2D eigenvalue weighted by Crippen LogP contribution is 2.37. The van der Waals surface area contributed by atoms with E-state index in [9.17, 15) is 0 Å². The number of hydrogen-bond acceptors (Lipinski definition) is 2. The Balaban J connectivity index is 1.35. The molecule has 0 saturated heterocycles. The molecule has 0 bridgehead atoms. The van der Waals surface area contributed by atoms with Crippen molar-refractivity contribution in [2.24, 2.45) is 0 Å². The fraction of sp³-hybridized carbons (Fsp3) is 0.160. The summed E-state index contributed by atoms with van der Waals surface area (Å²) in [7, 11) is 0. The van der Waals surface area contributed by atoms with Gasteiger partial charge < -0.3 is 4.57 Å². The van der Waals surface area contributed by atoms with Gasteiger partial charge in [-0.2, -0.15) is 0 Å². The third-order valence-electron chi connectivity index (χ3n) is 10.3. The van der Waals surface area contributed by atoms with Gasteiger partial charge in [-0.05, 0) is 122 Å². The van der Waals surface area contributed by atoms with Gasteiger partial charge in [0.1, 0.15) is 11.3 Å². The van der Waals surface area contributed by atoms with E-state index in [1.807, 2.05) is 30.5 Å². The molecule has 0 atom stereocenters. The van der Waals surface area contributed by atoms with Gasteiger partial charge in [-0.1, -0.05) is 116 Å². The zero-order valence-corrected chi connectivity index (χ0v) is 31.3. The molecule has 3 aromatic carbocycles. The van der Waals surface area contributed by atoms with Gasteiger partial charge in [-0.15, -0.1) is 6.42 Å². The van der Waals surface area contributed by atoms with Crippen LogP contribution in [0.15, 0.2) is 147 Å². The average molecular weight is 703 g/mol. The molecule has 1 aliphatic rings. The fourth-order valence-electron chi connectivity index (χ4n) is 7.60. The van der Waals surface area contributed by atoms with Crippen molar-refractivity contribution >= 4 is 33.7 Å². The lowest BCUT2D eigenvalue weighted by Gasteiger charge is -2.15. The lowest BCUT2D eigenvalue weighted by molar-refractivity contribution is 0.774. The molecule has 0 N–H and O–H groups in total. The van der Waals surface area contributed by atoms with E-state index >= 15 is 0 Å². The Morgan fingerprint density at radius 3 is 2.67 bits per heavy atom. The van der Waals surface area contributed by atoms with Crippen LogP contribution in [0.25, 0.3) is 61.9 Å². The van der Waals surface area contributed by atoms with Crippen LogP contribution >= 0.6 is 0 Å². The number of aromatic nitrogens is 4. The molecule has 4 nitrogen and oxygen atoms in total. The Kier molecular flexibility index (Phi) is 11.0. The molecule has 0 saturated carbocycles. The smallest absolute Gasteiger partial charge is 0.165 e. The number of hydrogen-bond donors (Lipinski definition) is 0. The Labute approximate surface area is 319 Å². The van der Waals surface area contributed by atoms with E-state index in [-0.39, 0.29) is 0 Å². The van der Waals surface area contributed by atoms with Gasteiger partial charge in [0.05, 0.1) is 0 Å². The first kappa shape index (κ1) is 35.9. The minimum Gasteiger partial charge on any atom is -0.314 e. The molecule has 266 valence electrons. The lowest BCUT2D eigenvalue weighted by atomic mass is 10.00. The van der Waals surface area contributed by atoms with E-state index in [4.69, 9.17) is 16.4 Å². The van der Waals surface area contributed by atoms with E-state index in [0.29, 0.717) is 6.42 Å². The third kappa shape index (κ3) is 7.27. The van der Waals surface area contributed by atoms with E-state index in [1.165, 1.54) is 33.5 Å². The summed E-state index contributed by atoms with van der Waals surface area (Å²) < 4.78 is 4.61. The van der Waals surface area contributed by atoms with Crippen LogP contribution in [-0.4, -0.2) is 19.1 Å². The Bertz CT molecular complexity index is 2570. The van der Waals surface area contributed by atoms with Crippen LogP contribution in [0, 0.1) is 19.3 Å². The summed E-state index contributed by atoms with van der Waals surface area (Å²) in [6.07, 6.45) is 35.7. The van der Waals surface area contributed by atoms with E-state index in [0.717, 1.165) is 82.6 Å². The number of benzene rings is 3. The summed E-state index contributed by atoms with van der Waals surface area (Å²) in [5.74, 6) is 3.44. The zero-order chi connectivity index (χ0) is 37.4. The van der Waals surface area contributed by atoms with Crippen molar-refractivity contribution in [2.45, 2.75) is 52.4 Å². The van der Waals surface area contributed by atoms with Crippen LogP contribution in [0.2, 0.25) is 0 Å². The van der Waals surface area contributed by atoms with Gasteiger partial charge in [0.25, 0.3) is 0 Å². The molecule has 3 aromatic heterocycles. The van der Waals surface area contributed by atoms with Crippen molar-refractivity contribution in [3.05, 3.63) is 175 Å². The number of imidazole rings is 1. The van der Waals surface area contributed by atoms with Crippen molar-refractivity contribution < 1.29 is 0 Å². The second kappa shape index (κ2) is 16.5. The van der Waals surface area contributed by atoms with Gasteiger partial charge in [0.15, 0.2) is 5.65 Å². The maximum atomic E-state index is 5.49. The molecule has 0 unspecified atom stereocenters. The SMILES string of the molecule is C#C/C=C\C/C=C(\C)n1c(-c2ccc3cc(C/C=C\C=C/C=C)ccc3c2)nc2c(-c3cccc(-n4c(C=C)c(C)c5c4CCC/C=C\C5)c3)ccnc21. The van der Waals surface area contributed by atoms with E-state index < -0.39 is 0 Å². The molecule has 3 heterocycles. The highest BCUT2D eigenvalue weighted by Gasteiger charge is 2.22. The molecule has 0 amide bonds. The maximum absolute atomic E-state index is 5.49. The average Bonchev–Trinajstić information content (AvgIpc) is 3.70. The Morgan fingerprint density at radius 1 is 0.944 bits per heavy atom. The Hall–Kier alpha value is -6.44. The first-order valence-electron chi connectivity index (χ1n) is 18.8. The monoisotopic (exact) mass is 702 g/mol. The van der Waals surface area contributed by atoms with Gasteiger partial charge in [0, 0.05) is 40.1 Å². The zero-order valence-electron chi connectivity index (χ0n) is 31.3. The molecule has 0 aliphatic heterocycles. The predicted octanol–water partition coefficient (Wildman–Crippen LogP) is 12.4. The largest absolute Gasteiger partial charge is 0.314 e. The van der Waals surface area contributed by atoms with E-state index in [1.54, 1.807) is 12.2 Å². The van der Waals surface area contributed by atoms with Crippen molar-refractivity contribution in [1.82, 2.24) is 19.1 Å². The van der Waals surface area contributed by atoms with E-state index in [2.05, 4.69) is 139 Å². The number of allylic oxidation sites excluding steroid dienone is 11. The predicted molar refractivity (Wildman–Crippen MR) is 231 cm³/mol. The molecular weight excluding hydrogens is 657 g/mol. The second-order valence-corrected chi connectivity index (χ2v) is 13.7. The molecule has 6 aromatic rings. The summed E-state index contributed by atoms with van der Waals surface area (Å²) in [5.41, 5.74) is 13.5. The highest BCUT2D eigenvalue weighted by molar-refractivity contribution is 5.95. The van der Waals surface area contributed by atoms with Crippen LogP contribution in [0.4, 0.5) is 0 Å². The standard InChI is InChI=1S/C50H46N4/c1-6-9-11-13-17-22-38-27-28-40-34-42(30-29-39(40)33-38)49-52-48-45(31-32-51-50(48)53(49)36(4)21-16-12-10-7-2)41-23-20-24-43(35-41)54-46(8-3)37(5)44-25-18-14-15-19-26-47(44)54/h2,6,8-14,17-18,20-21,23-24,27-35H,1,3,15-16,19,22,25-26H2,4-5H3/b11-9-,12-10-,17-13-,18-14-,36-21+. The van der Waals surface area contributed by atoms with Crippen LogP contribution in [0.3, 0.4) is 0 Å². The lowest BCUT2D eigenvalue weighted by Crippen LogP contribution is -2.05. The molecule has 0 fully saturated rings. The minimum atomic E-state index is 0.706. The topological polar surface area (TPSA) is 35.6 Å². The summed E-state index contributed by atoms with van der Waals surface area (Å²) in [6.45, 7) is 12.3. The molecule has 0 radical (unpaired) electrons. The minimum absolute atomic E-state index is 0.706. The van der Waals surface area contributed by atoms with Crippen molar-refractivity contribution in [1.29, 1.82) is 0 Å². The van der Waals surface area contributed by atoms with Gasteiger partial charge >= 0.3 is 0 Å². The maximum Gasteiger partial charge on any atom is 0.165 e. The van der Waals surface area contributed by atoms with Gasteiger partial charge in [-0.3, -0.25) is 4.57 Å². The molecule has 7 rings (SSSR count). The summed E-state index contributed by atoms with van der Waals surface area (Å²) >= 11 is 0. The number of fused-ring (bicyclic) bond motifs is 3. The van der Waals surface area contributed by atoms with Crippen LogP contribution in [0.5, 0.6) is 0 Å². The van der Waals surface area contributed by atoms with Crippen molar-refractivity contribution in [2.75, 3.05) is 0 Å². The summed E-state index contributed by atoms with van der Waals surface area (Å²) in [5, 5.41) is 2.36. The van der Waals surface area contributed by atoms with Crippen molar-refractivity contribution in [3.8, 4) is 40.5 Å². The van der Waals surface area contributed by atoms with Crippen LogP contribution < -0.4 is 0 Å². The van der Waals surface area contributed by atoms with Gasteiger partial charge in [-0.25, -0.2) is 9.97 Å². The van der Waals surface area contributed by atoms with Crippen molar-refractivity contribution in [3.63, 3.8) is 0 Å². The number of terminal acetylenes is 1. The molecule has 1 aliphatic carbocycles. The number of pyridine rings is 1. The second-order valence-electron chi connectivity index (χ2n) is 13.7. The summed E-state index contributed by atoms with van der Waals surface area (Å²) in [6, 6.07) is 24.2. The first-order chi connectivity index (χ1) is 26.5. The first-order valence-corrected chi connectivity index (χ1v) is 18.8. The molecule has 4 heteroatoms.